The Bertz CT molecular complexity index is 413. The number of anilines is 1. The molecule has 1 unspecified atom stereocenters. The number of rotatable bonds is 3. The fourth-order valence-corrected chi connectivity index (χ4v) is 3.17. The Labute approximate surface area is 117 Å². The van der Waals surface area contributed by atoms with Gasteiger partial charge in [0, 0.05) is 30.5 Å². The van der Waals surface area contributed by atoms with Gasteiger partial charge in [0.25, 0.3) is 0 Å². The van der Waals surface area contributed by atoms with Crippen molar-refractivity contribution in [1.29, 1.82) is 0 Å². The van der Waals surface area contributed by atoms with Crippen molar-refractivity contribution in [2.75, 3.05) is 23.4 Å². The number of halogens is 1. The number of hydrogen-bond acceptors (Lipinski definition) is 3. The van der Waals surface area contributed by atoms with Crippen LogP contribution in [0, 0.1) is 6.92 Å². The Balaban J connectivity index is 1.94. The lowest BCUT2D eigenvalue weighted by atomic mass is 10.1. The number of amides is 1. The molecular formula is C13H17ClN2OS. The van der Waals surface area contributed by atoms with E-state index in [4.69, 9.17) is 11.6 Å². The van der Waals surface area contributed by atoms with E-state index in [0.29, 0.717) is 11.4 Å². The van der Waals surface area contributed by atoms with Gasteiger partial charge in [-0.1, -0.05) is 23.7 Å². The summed E-state index contributed by atoms with van der Waals surface area (Å²) in [4.78, 5) is 12.0. The lowest BCUT2D eigenvalue weighted by Gasteiger charge is -2.22. The highest BCUT2D eigenvalue weighted by Crippen LogP contribution is 2.25. The van der Waals surface area contributed by atoms with Crippen molar-refractivity contribution in [2.45, 2.75) is 19.4 Å². The number of hydrogen-bond donors (Lipinski definition) is 2. The molecule has 1 aliphatic heterocycles. The predicted octanol–water partition coefficient (Wildman–Crippen LogP) is 2.68. The number of carbonyl (C=O) groups is 1. The average Bonchev–Trinajstić information content (AvgIpc) is 2.35. The maximum Gasteiger partial charge on any atom is 0.226 e. The second-order valence-electron chi connectivity index (χ2n) is 4.41. The molecule has 2 rings (SSSR count). The highest BCUT2D eigenvalue weighted by atomic mass is 35.5. The highest BCUT2D eigenvalue weighted by molar-refractivity contribution is 7.99. The number of nitrogens with one attached hydrogen (secondary N) is 2. The fourth-order valence-electron chi connectivity index (χ4n) is 1.96. The van der Waals surface area contributed by atoms with Gasteiger partial charge in [-0.25, -0.2) is 0 Å². The van der Waals surface area contributed by atoms with Crippen LogP contribution in [0.25, 0.3) is 0 Å². The quantitative estimate of drug-likeness (QED) is 0.897. The minimum atomic E-state index is 0.0196. The predicted molar refractivity (Wildman–Crippen MR) is 78.6 cm³/mol. The molecular weight excluding hydrogens is 268 g/mol. The number of benzene rings is 1. The van der Waals surface area contributed by atoms with E-state index in [1.165, 1.54) is 0 Å². The second kappa shape index (κ2) is 6.45. The maximum atomic E-state index is 12.0. The average molecular weight is 285 g/mol. The second-order valence-corrected chi connectivity index (χ2v) is 5.97. The molecule has 1 atom stereocenters. The number of aryl methyl sites for hydroxylation is 1. The van der Waals surface area contributed by atoms with Crippen LogP contribution in [0.1, 0.15) is 12.0 Å². The summed E-state index contributed by atoms with van der Waals surface area (Å²) in [6, 6.07) is 5.88. The first-order chi connectivity index (χ1) is 8.66. The van der Waals surface area contributed by atoms with E-state index in [2.05, 4.69) is 10.6 Å². The van der Waals surface area contributed by atoms with Crippen LogP contribution < -0.4 is 10.6 Å². The van der Waals surface area contributed by atoms with Gasteiger partial charge in [-0.15, -0.1) is 0 Å². The molecule has 2 N–H and O–H groups in total. The minimum absolute atomic E-state index is 0.0196. The van der Waals surface area contributed by atoms with Crippen LogP contribution in [-0.4, -0.2) is 30.0 Å². The first kappa shape index (κ1) is 13.7. The van der Waals surface area contributed by atoms with Gasteiger partial charge in [-0.05, 0) is 18.6 Å². The molecule has 1 aliphatic rings. The molecule has 0 bridgehead atoms. The Morgan fingerprint density at radius 1 is 1.61 bits per heavy atom. The maximum absolute atomic E-state index is 12.0. The van der Waals surface area contributed by atoms with E-state index in [-0.39, 0.29) is 11.9 Å². The van der Waals surface area contributed by atoms with Crippen LogP contribution >= 0.6 is 23.4 Å². The monoisotopic (exact) mass is 284 g/mol. The van der Waals surface area contributed by atoms with E-state index in [9.17, 15) is 4.79 Å². The van der Waals surface area contributed by atoms with Crippen molar-refractivity contribution in [2.24, 2.45) is 0 Å². The van der Waals surface area contributed by atoms with Crippen molar-refractivity contribution in [3.8, 4) is 0 Å². The molecule has 1 amide bonds. The van der Waals surface area contributed by atoms with Crippen LogP contribution in [0.2, 0.25) is 5.02 Å². The van der Waals surface area contributed by atoms with Crippen LogP contribution in [0.15, 0.2) is 18.2 Å². The van der Waals surface area contributed by atoms with Crippen LogP contribution in [0.4, 0.5) is 5.69 Å². The lowest BCUT2D eigenvalue weighted by Crippen LogP contribution is -2.39. The molecule has 0 aliphatic carbocycles. The van der Waals surface area contributed by atoms with Gasteiger partial charge in [-0.2, -0.15) is 11.8 Å². The van der Waals surface area contributed by atoms with Crippen LogP contribution in [0.3, 0.4) is 0 Å². The fraction of sp³-hybridized carbons (Fsp3) is 0.462. The van der Waals surface area contributed by atoms with Crippen molar-refractivity contribution < 1.29 is 4.79 Å². The summed E-state index contributed by atoms with van der Waals surface area (Å²) in [5.41, 5.74) is 1.72. The molecule has 18 heavy (non-hydrogen) atoms. The summed E-state index contributed by atoms with van der Waals surface area (Å²) in [6.45, 7) is 2.92. The van der Waals surface area contributed by atoms with E-state index < -0.39 is 0 Å². The summed E-state index contributed by atoms with van der Waals surface area (Å²) >= 11 is 7.97. The molecule has 1 aromatic carbocycles. The summed E-state index contributed by atoms with van der Waals surface area (Å²) in [5.74, 6) is 2.14. The van der Waals surface area contributed by atoms with Gasteiger partial charge in [0.2, 0.25) is 5.91 Å². The smallest absolute Gasteiger partial charge is 0.226 e. The van der Waals surface area contributed by atoms with Gasteiger partial charge in [-0.3, -0.25) is 4.79 Å². The summed E-state index contributed by atoms with van der Waals surface area (Å²) in [5, 5.41) is 6.85. The van der Waals surface area contributed by atoms with Crippen LogP contribution in [-0.2, 0) is 4.79 Å². The normalized spacial score (nSPS) is 19.6. The zero-order chi connectivity index (χ0) is 13.0. The summed E-state index contributed by atoms with van der Waals surface area (Å²) in [7, 11) is 0. The van der Waals surface area contributed by atoms with Crippen molar-refractivity contribution in [3.05, 3.63) is 28.8 Å². The van der Waals surface area contributed by atoms with E-state index in [0.717, 1.165) is 29.3 Å². The molecule has 1 fully saturated rings. The third-order valence-electron chi connectivity index (χ3n) is 2.92. The highest BCUT2D eigenvalue weighted by Gasteiger charge is 2.17. The van der Waals surface area contributed by atoms with E-state index in [1.807, 2.05) is 30.8 Å². The third-order valence-corrected chi connectivity index (χ3v) is 4.36. The summed E-state index contributed by atoms with van der Waals surface area (Å²) < 4.78 is 0. The SMILES string of the molecule is Cc1cccc(Cl)c1NC(=O)CC1CSCCN1. The van der Waals surface area contributed by atoms with Gasteiger partial charge in [0.1, 0.15) is 0 Å². The molecule has 0 radical (unpaired) electrons. The molecule has 5 heteroatoms. The van der Waals surface area contributed by atoms with Gasteiger partial charge in [0.05, 0.1) is 10.7 Å². The van der Waals surface area contributed by atoms with Gasteiger partial charge >= 0.3 is 0 Å². The Kier molecular flexibility index (Phi) is 4.92. The molecule has 1 saturated heterocycles. The topological polar surface area (TPSA) is 41.1 Å². The molecule has 0 spiro atoms. The summed E-state index contributed by atoms with van der Waals surface area (Å²) in [6.07, 6.45) is 0.498. The van der Waals surface area contributed by atoms with Crippen molar-refractivity contribution in [3.63, 3.8) is 0 Å². The first-order valence-corrected chi connectivity index (χ1v) is 7.56. The largest absolute Gasteiger partial charge is 0.325 e. The molecule has 0 saturated carbocycles. The van der Waals surface area contributed by atoms with Gasteiger partial charge < -0.3 is 10.6 Å². The van der Waals surface area contributed by atoms with Crippen molar-refractivity contribution in [1.82, 2.24) is 5.32 Å². The zero-order valence-corrected chi connectivity index (χ0v) is 11.9. The number of para-hydroxylation sites is 1. The van der Waals surface area contributed by atoms with Gasteiger partial charge in [0.15, 0.2) is 0 Å². The van der Waals surface area contributed by atoms with Crippen LogP contribution in [0.5, 0.6) is 0 Å². The first-order valence-electron chi connectivity index (χ1n) is 6.03. The minimum Gasteiger partial charge on any atom is -0.325 e. The molecule has 1 aromatic rings. The number of carbonyl (C=O) groups excluding carboxylic acids is 1. The molecule has 98 valence electrons. The number of thioether (sulfide) groups is 1. The van der Waals surface area contributed by atoms with E-state index >= 15 is 0 Å². The lowest BCUT2D eigenvalue weighted by molar-refractivity contribution is -0.116. The molecule has 0 aromatic heterocycles. The standard InChI is InChI=1S/C13H17ClN2OS/c1-9-3-2-4-11(14)13(9)16-12(17)7-10-8-18-6-5-15-10/h2-4,10,15H,5-8H2,1H3,(H,16,17). The Morgan fingerprint density at radius 2 is 2.44 bits per heavy atom. The van der Waals surface area contributed by atoms with E-state index in [1.54, 1.807) is 6.07 Å². The van der Waals surface area contributed by atoms with Crippen molar-refractivity contribution >= 4 is 35.0 Å². The Hall–Kier alpha value is -0.710. The Morgan fingerprint density at radius 3 is 3.11 bits per heavy atom. The zero-order valence-electron chi connectivity index (χ0n) is 10.3. The molecule has 3 nitrogen and oxygen atoms in total. The third kappa shape index (κ3) is 3.64. The molecule has 1 heterocycles.